The van der Waals surface area contributed by atoms with Crippen LogP contribution in [0.5, 0.6) is 0 Å². The van der Waals surface area contributed by atoms with Gasteiger partial charge in [0.2, 0.25) is 0 Å². The van der Waals surface area contributed by atoms with E-state index in [2.05, 4.69) is 26.1 Å². The number of hydrogen-bond donors (Lipinski definition) is 1. The number of nitrogens with zero attached hydrogens (tertiary/aromatic N) is 2. The molecule has 82 valence electrons. The summed E-state index contributed by atoms with van der Waals surface area (Å²) in [5.41, 5.74) is 1.54. The van der Waals surface area contributed by atoms with E-state index in [0.29, 0.717) is 11.6 Å². The lowest BCUT2D eigenvalue weighted by molar-refractivity contribution is 0.0750. The highest BCUT2D eigenvalue weighted by Crippen LogP contribution is 2.21. The first kappa shape index (κ1) is 10.7. The van der Waals surface area contributed by atoms with Crippen molar-refractivity contribution in [3.05, 3.63) is 17.5 Å². The molecule has 1 aliphatic rings. The minimum absolute atomic E-state index is 0.100. The fourth-order valence-electron chi connectivity index (χ4n) is 1.98. The topological polar surface area (TPSA) is 49.0 Å². The van der Waals surface area contributed by atoms with Gasteiger partial charge < -0.3 is 4.90 Å². The Bertz CT molecular complexity index is 363. The largest absolute Gasteiger partial charge is 0.335 e. The van der Waals surface area contributed by atoms with Gasteiger partial charge in [-0.05, 0) is 19.8 Å². The number of carbonyl (C=O) groups is 1. The third kappa shape index (κ3) is 1.93. The Hall–Kier alpha value is -0.840. The van der Waals surface area contributed by atoms with Crippen molar-refractivity contribution < 1.29 is 4.79 Å². The Kier molecular flexibility index (Phi) is 3.09. The lowest BCUT2D eigenvalue weighted by atomic mass is 10.2. The zero-order chi connectivity index (χ0) is 10.8. The molecule has 1 aromatic heterocycles. The van der Waals surface area contributed by atoms with Crippen LogP contribution in [0.3, 0.4) is 0 Å². The Morgan fingerprint density at radius 2 is 2.60 bits per heavy atom. The second-order valence-electron chi connectivity index (χ2n) is 3.86. The molecule has 4 nitrogen and oxygen atoms in total. The van der Waals surface area contributed by atoms with Crippen molar-refractivity contribution in [2.45, 2.75) is 25.8 Å². The number of amides is 1. The van der Waals surface area contributed by atoms with E-state index >= 15 is 0 Å². The molecule has 0 aliphatic carbocycles. The SMILES string of the molecule is Cc1[nH]ncc1C(=O)N1CCCC1CBr. The molecule has 1 amide bonds. The van der Waals surface area contributed by atoms with Crippen molar-refractivity contribution in [2.24, 2.45) is 0 Å². The number of hydrogen-bond acceptors (Lipinski definition) is 2. The molecule has 1 fully saturated rings. The summed E-state index contributed by atoms with van der Waals surface area (Å²) in [7, 11) is 0. The summed E-state index contributed by atoms with van der Waals surface area (Å²) >= 11 is 3.45. The molecule has 1 aliphatic heterocycles. The highest BCUT2D eigenvalue weighted by Gasteiger charge is 2.29. The number of H-pyrrole nitrogens is 1. The van der Waals surface area contributed by atoms with E-state index in [4.69, 9.17) is 0 Å². The molecule has 0 aromatic carbocycles. The van der Waals surface area contributed by atoms with Crippen molar-refractivity contribution in [1.82, 2.24) is 15.1 Å². The predicted octanol–water partition coefficient (Wildman–Crippen LogP) is 1.72. The Labute approximate surface area is 97.2 Å². The predicted molar refractivity (Wildman–Crippen MR) is 61.2 cm³/mol. The van der Waals surface area contributed by atoms with Crippen LogP contribution in [-0.2, 0) is 0 Å². The van der Waals surface area contributed by atoms with E-state index in [1.54, 1.807) is 6.20 Å². The Morgan fingerprint density at radius 3 is 3.20 bits per heavy atom. The second-order valence-corrected chi connectivity index (χ2v) is 4.51. The van der Waals surface area contributed by atoms with Crippen molar-refractivity contribution in [1.29, 1.82) is 0 Å². The fraction of sp³-hybridized carbons (Fsp3) is 0.600. The molecule has 15 heavy (non-hydrogen) atoms. The van der Waals surface area contributed by atoms with Gasteiger partial charge in [0, 0.05) is 23.6 Å². The summed E-state index contributed by atoms with van der Waals surface area (Å²) in [6.07, 6.45) is 3.80. The van der Waals surface area contributed by atoms with E-state index in [-0.39, 0.29) is 5.91 Å². The molecule has 1 aromatic rings. The molecular weight excluding hydrogens is 258 g/mol. The van der Waals surface area contributed by atoms with E-state index in [9.17, 15) is 4.79 Å². The number of aromatic nitrogens is 2. The standard InChI is InChI=1S/C10H14BrN3O/c1-7-9(6-12-13-7)10(15)14-4-2-3-8(14)5-11/h6,8H,2-5H2,1H3,(H,12,13). The molecular formula is C10H14BrN3O. The fourth-order valence-corrected chi connectivity index (χ4v) is 2.66. The summed E-state index contributed by atoms with van der Waals surface area (Å²) in [5.74, 6) is 0.100. The van der Waals surface area contributed by atoms with Crippen molar-refractivity contribution in [3.8, 4) is 0 Å². The summed E-state index contributed by atoms with van der Waals surface area (Å²) < 4.78 is 0. The summed E-state index contributed by atoms with van der Waals surface area (Å²) in [6, 6.07) is 0.340. The molecule has 0 spiro atoms. The monoisotopic (exact) mass is 271 g/mol. The third-order valence-corrected chi connectivity index (χ3v) is 3.62. The van der Waals surface area contributed by atoms with E-state index < -0.39 is 0 Å². The zero-order valence-corrected chi connectivity index (χ0v) is 10.2. The zero-order valence-electron chi connectivity index (χ0n) is 8.66. The molecule has 2 heterocycles. The van der Waals surface area contributed by atoms with Gasteiger partial charge in [-0.25, -0.2) is 0 Å². The Morgan fingerprint density at radius 1 is 1.80 bits per heavy atom. The van der Waals surface area contributed by atoms with Gasteiger partial charge in [-0.1, -0.05) is 15.9 Å². The smallest absolute Gasteiger partial charge is 0.257 e. The molecule has 5 heteroatoms. The van der Waals surface area contributed by atoms with Gasteiger partial charge in [0.05, 0.1) is 11.8 Å². The number of likely N-dealkylation sites (tertiary alicyclic amines) is 1. The highest BCUT2D eigenvalue weighted by atomic mass is 79.9. The first-order chi connectivity index (χ1) is 7.24. The molecule has 1 N–H and O–H groups in total. The quantitative estimate of drug-likeness (QED) is 0.833. The van der Waals surface area contributed by atoms with Crippen LogP contribution in [0.4, 0.5) is 0 Å². The molecule has 2 rings (SSSR count). The number of aryl methyl sites for hydroxylation is 1. The number of rotatable bonds is 2. The van der Waals surface area contributed by atoms with Crippen LogP contribution in [0.1, 0.15) is 28.9 Å². The van der Waals surface area contributed by atoms with Gasteiger partial charge in [-0.15, -0.1) is 0 Å². The molecule has 1 unspecified atom stereocenters. The molecule has 0 bridgehead atoms. The average molecular weight is 272 g/mol. The molecule has 0 radical (unpaired) electrons. The first-order valence-electron chi connectivity index (χ1n) is 5.11. The number of halogens is 1. The van der Waals surface area contributed by atoms with Crippen LogP contribution in [0.25, 0.3) is 0 Å². The van der Waals surface area contributed by atoms with Gasteiger partial charge >= 0.3 is 0 Å². The van der Waals surface area contributed by atoms with Crippen LogP contribution in [-0.4, -0.2) is 38.9 Å². The first-order valence-corrected chi connectivity index (χ1v) is 6.23. The van der Waals surface area contributed by atoms with Gasteiger partial charge in [-0.2, -0.15) is 5.10 Å². The number of carbonyl (C=O) groups excluding carboxylic acids is 1. The Balaban J connectivity index is 2.18. The van der Waals surface area contributed by atoms with Crippen molar-refractivity contribution in [2.75, 3.05) is 11.9 Å². The number of nitrogens with one attached hydrogen (secondary N) is 1. The lowest BCUT2D eigenvalue weighted by Crippen LogP contribution is -2.36. The number of aromatic amines is 1. The highest BCUT2D eigenvalue weighted by molar-refractivity contribution is 9.09. The molecule has 1 saturated heterocycles. The maximum absolute atomic E-state index is 12.1. The molecule has 0 saturated carbocycles. The summed E-state index contributed by atoms with van der Waals surface area (Å²) in [5, 5.41) is 7.53. The van der Waals surface area contributed by atoms with Crippen molar-refractivity contribution in [3.63, 3.8) is 0 Å². The van der Waals surface area contributed by atoms with E-state index in [0.717, 1.165) is 30.4 Å². The van der Waals surface area contributed by atoms with Gasteiger partial charge in [0.1, 0.15) is 0 Å². The van der Waals surface area contributed by atoms with E-state index in [1.165, 1.54) is 0 Å². The minimum atomic E-state index is 0.100. The normalized spacial score (nSPS) is 20.9. The average Bonchev–Trinajstić information content (AvgIpc) is 2.84. The molecule has 1 atom stereocenters. The minimum Gasteiger partial charge on any atom is -0.335 e. The van der Waals surface area contributed by atoms with Crippen LogP contribution < -0.4 is 0 Å². The van der Waals surface area contributed by atoms with Gasteiger partial charge in [0.25, 0.3) is 5.91 Å². The lowest BCUT2D eigenvalue weighted by Gasteiger charge is -2.22. The number of alkyl halides is 1. The summed E-state index contributed by atoms with van der Waals surface area (Å²) in [6.45, 7) is 2.74. The maximum Gasteiger partial charge on any atom is 0.257 e. The third-order valence-electron chi connectivity index (χ3n) is 2.88. The van der Waals surface area contributed by atoms with Crippen LogP contribution in [0.15, 0.2) is 6.20 Å². The second kappa shape index (κ2) is 4.35. The van der Waals surface area contributed by atoms with Crippen LogP contribution in [0.2, 0.25) is 0 Å². The van der Waals surface area contributed by atoms with Crippen LogP contribution >= 0.6 is 15.9 Å². The van der Waals surface area contributed by atoms with E-state index in [1.807, 2.05) is 11.8 Å². The maximum atomic E-state index is 12.1. The van der Waals surface area contributed by atoms with Crippen LogP contribution in [0, 0.1) is 6.92 Å². The van der Waals surface area contributed by atoms with Gasteiger partial charge in [0.15, 0.2) is 0 Å². The summed E-state index contributed by atoms with van der Waals surface area (Å²) in [4.78, 5) is 14.1. The van der Waals surface area contributed by atoms with Crippen molar-refractivity contribution >= 4 is 21.8 Å². The van der Waals surface area contributed by atoms with Gasteiger partial charge in [-0.3, -0.25) is 9.89 Å².